The fourth-order valence-electron chi connectivity index (χ4n) is 4.91. The molecule has 0 aliphatic heterocycles. The highest BCUT2D eigenvalue weighted by molar-refractivity contribution is 5.86. The number of hydrogen-bond donors (Lipinski definition) is 1. The van der Waals surface area contributed by atoms with Gasteiger partial charge in [0.25, 0.3) is 0 Å². The summed E-state index contributed by atoms with van der Waals surface area (Å²) in [7, 11) is 3.47. The molecule has 0 aromatic carbocycles. The number of ether oxygens (including phenoxy) is 1. The van der Waals surface area contributed by atoms with Crippen molar-refractivity contribution in [2.45, 2.75) is 77.7 Å². The first-order valence-corrected chi connectivity index (χ1v) is 11.3. The number of carbonyl (C=O) groups is 1. The van der Waals surface area contributed by atoms with E-state index in [0.717, 1.165) is 66.4 Å². The Labute approximate surface area is 187 Å². The van der Waals surface area contributed by atoms with Crippen LogP contribution in [0.1, 0.15) is 73.5 Å². The number of nitrogens with zero attached hydrogens (tertiary/aromatic N) is 5. The summed E-state index contributed by atoms with van der Waals surface area (Å²) in [4.78, 5) is 22.3. The first-order chi connectivity index (χ1) is 15.3. The van der Waals surface area contributed by atoms with Crippen LogP contribution >= 0.6 is 0 Å². The Morgan fingerprint density at radius 1 is 1.16 bits per heavy atom. The molecule has 1 fully saturated rings. The minimum atomic E-state index is -0.551. The van der Waals surface area contributed by atoms with Gasteiger partial charge in [-0.1, -0.05) is 30.8 Å². The van der Waals surface area contributed by atoms with Gasteiger partial charge >= 0.3 is 0 Å². The molecule has 1 aliphatic rings. The maximum Gasteiger partial charge on any atom is 0.242 e. The molecule has 0 radical (unpaired) electrons. The first kappa shape index (κ1) is 22.2. The van der Waals surface area contributed by atoms with Crippen LogP contribution < -0.4 is 10.1 Å². The molecule has 3 heterocycles. The highest BCUT2D eigenvalue weighted by Gasteiger charge is 2.38. The smallest absolute Gasteiger partial charge is 0.242 e. The van der Waals surface area contributed by atoms with Gasteiger partial charge in [-0.15, -0.1) is 5.10 Å². The monoisotopic (exact) mass is 440 g/mol. The van der Waals surface area contributed by atoms with Crippen molar-refractivity contribution in [3.05, 3.63) is 28.5 Å². The third kappa shape index (κ3) is 4.08. The van der Waals surface area contributed by atoms with Crippen molar-refractivity contribution < 1.29 is 14.1 Å². The molecule has 0 saturated heterocycles. The normalized spacial score (nSPS) is 16.2. The van der Waals surface area contributed by atoms with Gasteiger partial charge in [-0.3, -0.25) is 4.79 Å². The molecule has 3 aromatic heterocycles. The second kappa shape index (κ2) is 8.88. The summed E-state index contributed by atoms with van der Waals surface area (Å²) in [5, 5.41) is 12.8. The number of nitrogens with one attached hydrogen (secondary N) is 1. The predicted molar refractivity (Wildman–Crippen MR) is 119 cm³/mol. The number of hydrogen-bond acceptors (Lipinski definition) is 7. The summed E-state index contributed by atoms with van der Waals surface area (Å²) in [5.41, 5.74) is 3.26. The number of carbonyl (C=O) groups excluding carboxylic acids is 1. The molecule has 32 heavy (non-hydrogen) atoms. The van der Waals surface area contributed by atoms with Crippen LogP contribution in [0.3, 0.4) is 0 Å². The van der Waals surface area contributed by atoms with Gasteiger partial charge in [0.15, 0.2) is 11.5 Å². The van der Waals surface area contributed by atoms with E-state index in [4.69, 9.17) is 14.2 Å². The van der Waals surface area contributed by atoms with Crippen molar-refractivity contribution in [1.82, 2.24) is 30.2 Å². The van der Waals surface area contributed by atoms with E-state index in [1.807, 2.05) is 20.9 Å². The van der Waals surface area contributed by atoms with E-state index in [9.17, 15) is 4.79 Å². The number of rotatable bonds is 6. The summed E-state index contributed by atoms with van der Waals surface area (Å²) >= 11 is 0. The fraction of sp³-hybridized carbons (Fsp3) is 0.609. The highest BCUT2D eigenvalue weighted by Crippen LogP contribution is 2.35. The van der Waals surface area contributed by atoms with Crippen LogP contribution in [0, 0.1) is 20.8 Å². The minimum Gasteiger partial charge on any atom is -0.479 e. The van der Waals surface area contributed by atoms with E-state index in [1.165, 1.54) is 0 Å². The standard InChI is InChI=1S/C23H32N6O3/c1-14-17(15(2)24-20-19(14)21(31-5)27-29(20)4)10-11-18(30)26-23(12-8-6-7-9-13-23)22-25-16(3)32-28-22/h6-13H2,1-5H3,(H,26,30). The number of aryl methyl sites for hydroxylation is 4. The van der Waals surface area contributed by atoms with Crippen LogP contribution in [-0.2, 0) is 23.8 Å². The average Bonchev–Trinajstić information content (AvgIpc) is 3.24. The number of aromatic nitrogens is 5. The fourth-order valence-corrected chi connectivity index (χ4v) is 4.91. The molecule has 0 bridgehead atoms. The SMILES string of the molecule is COc1nn(C)c2nc(C)c(CCC(=O)NC3(c4noc(C)n4)CCCCCC3)c(C)c12. The number of fused-ring (bicyclic) bond motifs is 1. The zero-order valence-electron chi connectivity index (χ0n) is 19.6. The molecule has 3 aromatic rings. The number of amides is 1. The molecule has 0 unspecified atom stereocenters. The third-order valence-electron chi connectivity index (χ3n) is 6.61. The Hall–Kier alpha value is -2.97. The lowest BCUT2D eigenvalue weighted by Crippen LogP contribution is -2.46. The van der Waals surface area contributed by atoms with Gasteiger partial charge in [-0.2, -0.15) is 4.98 Å². The van der Waals surface area contributed by atoms with E-state index in [2.05, 4.69) is 20.6 Å². The van der Waals surface area contributed by atoms with E-state index < -0.39 is 5.54 Å². The Morgan fingerprint density at radius 3 is 2.50 bits per heavy atom. The van der Waals surface area contributed by atoms with Gasteiger partial charge in [-0.05, 0) is 44.2 Å². The second-order valence-electron chi connectivity index (χ2n) is 8.81. The van der Waals surface area contributed by atoms with Crippen molar-refractivity contribution in [2.24, 2.45) is 7.05 Å². The van der Waals surface area contributed by atoms with Crippen molar-refractivity contribution in [1.29, 1.82) is 0 Å². The summed E-state index contributed by atoms with van der Waals surface area (Å²) in [6.07, 6.45) is 6.99. The van der Waals surface area contributed by atoms with Crippen LogP contribution in [0.25, 0.3) is 11.0 Å². The van der Waals surface area contributed by atoms with Crippen LogP contribution in [0.15, 0.2) is 4.52 Å². The maximum atomic E-state index is 13.1. The molecule has 1 aliphatic carbocycles. The van der Waals surface area contributed by atoms with Gasteiger partial charge in [0.05, 0.1) is 12.5 Å². The van der Waals surface area contributed by atoms with Crippen LogP contribution in [0.2, 0.25) is 0 Å². The predicted octanol–water partition coefficient (Wildman–Crippen LogP) is 3.58. The number of pyridine rings is 1. The molecule has 9 heteroatoms. The second-order valence-corrected chi connectivity index (χ2v) is 8.81. The lowest BCUT2D eigenvalue weighted by Gasteiger charge is -2.30. The van der Waals surface area contributed by atoms with Crippen molar-refractivity contribution in [3.8, 4) is 5.88 Å². The van der Waals surface area contributed by atoms with Gasteiger partial charge in [-0.25, -0.2) is 9.67 Å². The third-order valence-corrected chi connectivity index (χ3v) is 6.61. The number of methoxy groups -OCH3 is 1. The minimum absolute atomic E-state index is 0.00796. The molecule has 172 valence electrons. The Morgan fingerprint density at radius 2 is 1.88 bits per heavy atom. The van der Waals surface area contributed by atoms with Crippen molar-refractivity contribution >= 4 is 16.9 Å². The molecule has 1 saturated carbocycles. The summed E-state index contributed by atoms with van der Waals surface area (Å²) in [5.74, 6) is 1.67. The van der Waals surface area contributed by atoms with E-state index >= 15 is 0 Å². The molecule has 0 atom stereocenters. The first-order valence-electron chi connectivity index (χ1n) is 11.3. The topological polar surface area (TPSA) is 108 Å². The molecular formula is C23H32N6O3. The average molecular weight is 441 g/mol. The zero-order valence-corrected chi connectivity index (χ0v) is 19.6. The van der Waals surface area contributed by atoms with Crippen LogP contribution in [0.4, 0.5) is 0 Å². The molecule has 9 nitrogen and oxygen atoms in total. The van der Waals surface area contributed by atoms with Gasteiger partial charge in [0.1, 0.15) is 5.54 Å². The molecule has 0 spiro atoms. The summed E-state index contributed by atoms with van der Waals surface area (Å²) in [6, 6.07) is 0. The molecule has 1 N–H and O–H groups in total. The van der Waals surface area contributed by atoms with E-state index in [0.29, 0.717) is 30.4 Å². The van der Waals surface area contributed by atoms with Crippen LogP contribution in [0.5, 0.6) is 5.88 Å². The largest absolute Gasteiger partial charge is 0.479 e. The van der Waals surface area contributed by atoms with Gasteiger partial charge in [0.2, 0.25) is 17.7 Å². The maximum absolute atomic E-state index is 13.1. The lowest BCUT2D eigenvalue weighted by molar-refractivity contribution is -0.123. The van der Waals surface area contributed by atoms with Crippen molar-refractivity contribution in [2.75, 3.05) is 7.11 Å². The quantitative estimate of drug-likeness (QED) is 0.584. The van der Waals surface area contributed by atoms with Gasteiger partial charge in [0, 0.05) is 26.1 Å². The Balaban J connectivity index is 1.56. The van der Waals surface area contributed by atoms with Gasteiger partial charge < -0.3 is 14.6 Å². The summed E-state index contributed by atoms with van der Waals surface area (Å²) in [6.45, 7) is 5.81. The Bertz CT molecular complexity index is 1120. The zero-order chi connectivity index (χ0) is 22.9. The van der Waals surface area contributed by atoms with E-state index in [1.54, 1.807) is 18.7 Å². The summed E-state index contributed by atoms with van der Waals surface area (Å²) < 4.78 is 12.4. The highest BCUT2D eigenvalue weighted by atomic mass is 16.5. The Kier molecular flexibility index (Phi) is 6.17. The molecular weight excluding hydrogens is 408 g/mol. The van der Waals surface area contributed by atoms with Crippen LogP contribution in [-0.4, -0.2) is 37.9 Å². The molecule has 4 rings (SSSR count). The van der Waals surface area contributed by atoms with Crippen molar-refractivity contribution in [3.63, 3.8) is 0 Å². The lowest BCUT2D eigenvalue weighted by atomic mass is 9.88. The molecule has 1 amide bonds. The van der Waals surface area contributed by atoms with E-state index in [-0.39, 0.29) is 5.91 Å².